The minimum atomic E-state index is -0.0164. The maximum atomic E-state index is 12.6. The number of aryl methyl sites for hydroxylation is 1. The van der Waals surface area contributed by atoms with E-state index in [9.17, 15) is 4.79 Å². The smallest absolute Gasteiger partial charge is 0.245 e. The van der Waals surface area contributed by atoms with Crippen molar-refractivity contribution >= 4 is 50.0 Å². The van der Waals surface area contributed by atoms with Crippen LogP contribution in [0.3, 0.4) is 0 Å². The zero-order chi connectivity index (χ0) is 18.1. The van der Waals surface area contributed by atoms with Gasteiger partial charge in [0.15, 0.2) is 5.13 Å². The summed E-state index contributed by atoms with van der Waals surface area (Å²) >= 11 is 3.44. The zero-order valence-electron chi connectivity index (χ0n) is 14.9. The van der Waals surface area contributed by atoms with Crippen molar-refractivity contribution in [2.24, 2.45) is 0 Å². The van der Waals surface area contributed by atoms with Gasteiger partial charge in [-0.2, -0.15) is 0 Å². The first-order valence-electron chi connectivity index (χ1n) is 8.80. The normalized spacial score (nSPS) is 16.5. The first-order valence-corrected chi connectivity index (χ1v) is 10.5. The Bertz CT molecular complexity index is 953. The highest BCUT2D eigenvalue weighted by Gasteiger charge is 2.25. The van der Waals surface area contributed by atoms with Crippen LogP contribution in [0.15, 0.2) is 47.4 Å². The van der Waals surface area contributed by atoms with Crippen LogP contribution in [0.4, 0.5) is 10.8 Å². The lowest BCUT2D eigenvalue weighted by Crippen LogP contribution is -2.40. The first kappa shape index (κ1) is 17.4. The lowest BCUT2D eigenvalue weighted by molar-refractivity contribution is -0.115. The van der Waals surface area contributed by atoms with E-state index in [4.69, 9.17) is 0 Å². The summed E-state index contributed by atoms with van der Waals surface area (Å²) < 4.78 is 1.10. The molecule has 0 spiro atoms. The number of amides is 1. The number of anilines is 2. The molecule has 1 N–H and O–H groups in total. The quantitative estimate of drug-likeness (QED) is 0.693. The van der Waals surface area contributed by atoms with E-state index in [1.165, 1.54) is 21.8 Å². The highest BCUT2D eigenvalue weighted by molar-refractivity contribution is 8.00. The van der Waals surface area contributed by atoms with E-state index >= 15 is 0 Å². The zero-order valence-corrected chi connectivity index (χ0v) is 16.5. The molecule has 0 unspecified atom stereocenters. The summed E-state index contributed by atoms with van der Waals surface area (Å²) in [4.78, 5) is 20.6. The average Bonchev–Trinajstić information content (AvgIpc) is 3.02. The molecule has 1 aliphatic rings. The molecule has 1 amide bonds. The SMILES string of the molecule is CC[C@@H]1CN(CC(=O)Nc2nc3ccc(C)cc3s2)c2ccccc2S1. The van der Waals surface area contributed by atoms with E-state index in [0.717, 1.165) is 28.9 Å². The third-order valence-electron chi connectivity index (χ3n) is 4.50. The summed E-state index contributed by atoms with van der Waals surface area (Å²) in [6.45, 7) is 5.51. The molecule has 0 aliphatic carbocycles. The third kappa shape index (κ3) is 3.57. The van der Waals surface area contributed by atoms with Gasteiger partial charge in [-0.15, -0.1) is 11.8 Å². The Labute approximate surface area is 161 Å². The van der Waals surface area contributed by atoms with E-state index in [2.05, 4.69) is 53.3 Å². The number of hydrogen-bond donors (Lipinski definition) is 1. The van der Waals surface area contributed by atoms with Crippen molar-refractivity contribution in [2.45, 2.75) is 30.4 Å². The fourth-order valence-corrected chi connectivity index (χ4v) is 5.39. The van der Waals surface area contributed by atoms with Crippen LogP contribution >= 0.6 is 23.1 Å². The Morgan fingerprint density at radius 1 is 1.31 bits per heavy atom. The molecule has 3 aromatic rings. The van der Waals surface area contributed by atoms with Crippen LogP contribution in [0.25, 0.3) is 10.2 Å². The standard InChI is InChI=1S/C20H21N3OS2/c1-3-14-11-23(16-6-4-5-7-17(16)25-14)12-19(24)22-20-21-15-9-8-13(2)10-18(15)26-20/h4-10,14H,3,11-12H2,1-2H3,(H,21,22,24)/t14-/m1/s1. The Morgan fingerprint density at radius 3 is 3.00 bits per heavy atom. The van der Waals surface area contributed by atoms with Crippen LogP contribution in [0.5, 0.6) is 0 Å². The van der Waals surface area contributed by atoms with Gasteiger partial charge in [-0.05, 0) is 43.2 Å². The van der Waals surface area contributed by atoms with Gasteiger partial charge in [0, 0.05) is 16.7 Å². The number of thiazole rings is 1. The molecule has 26 heavy (non-hydrogen) atoms. The second-order valence-corrected chi connectivity index (χ2v) is 8.91. The van der Waals surface area contributed by atoms with Gasteiger partial charge in [0.1, 0.15) is 0 Å². The Hall–Kier alpha value is -2.05. The first-order chi connectivity index (χ1) is 12.6. The summed E-state index contributed by atoms with van der Waals surface area (Å²) in [6.07, 6.45) is 1.09. The van der Waals surface area contributed by atoms with Crippen LogP contribution in [0.1, 0.15) is 18.9 Å². The van der Waals surface area contributed by atoms with Gasteiger partial charge in [0.25, 0.3) is 0 Å². The lowest BCUT2D eigenvalue weighted by atomic mass is 10.2. The number of benzene rings is 2. The topological polar surface area (TPSA) is 45.2 Å². The number of thioether (sulfide) groups is 1. The van der Waals surface area contributed by atoms with Crippen molar-refractivity contribution in [3.63, 3.8) is 0 Å². The van der Waals surface area contributed by atoms with E-state index in [1.54, 1.807) is 0 Å². The number of para-hydroxylation sites is 1. The van der Waals surface area contributed by atoms with E-state index in [-0.39, 0.29) is 5.91 Å². The Balaban J connectivity index is 1.50. The van der Waals surface area contributed by atoms with Crippen molar-refractivity contribution in [2.75, 3.05) is 23.3 Å². The van der Waals surface area contributed by atoms with Crippen molar-refractivity contribution in [3.05, 3.63) is 48.0 Å². The van der Waals surface area contributed by atoms with Crippen molar-refractivity contribution in [1.29, 1.82) is 0 Å². The fourth-order valence-electron chi connectivity index (χ4n) is 3.16. The summed E-state index contributed by atoms with van der Waals surface area (Å²) in [5.74, 6) is -0.0164. The van der Waals surface area contributed by atoms with Crippen LogP contribution in [-0.2, 0) is 4.79 Å². The Kier molecular flexibility index (Phi) is 4.87. The number of carbonyl (C=O) groups is 1. The monoisotopic (exact) mass is 383 g/mol. The van der Waals surface area contributed by atoms with E-state index in [1.807, 2.05) is 30.0 Å². The summed E-state index contributed by atoms with van der Waals surface area (Å²) in [5.41, 5.74) is 3.28. The largest absolute Gasteiger partial charge is 0.360 e. The third-order valence-corrected chi connectivity index (χ3v) is 6.85. The maximum Gasteiger partial charge on any atom is 0.245 e. The van der Waals surface area contributed by atoms with Gasteiger partial charge in [0.05, 0.1) is 22.4 Å². The minimum Gasteiger partial charge on any atom is -0.360 e. The molecule has 0 fully saturated rings. The number of nitrogens with zero attached hydrogens (tertiary/aromatic N) is 2. The second-order valence-electron chi connectivity index (χ2n) is 6.53. The summed E-state index contributed by atoms with van der Waals surface area (Å²) in [6, 6.07) is 14.5. The predicted molar refractivity (Wildman–Crippen MR) is 112 cm³/mol. The van der Waals surface area contributed by atoms with Crippen molar-refractivity contribution in [1.82, 2.24) is 4.98 Å². The maximum absolute atomic E-state index is 12.6. The number of carbonyl (C=O) groups excluding carboxylic acids is 1. The molecule has 2 aromatic carbocycles. The van der Waals surface area contributed by atoms with Gasteiger partial charge in [0.2, 0.25) is 5.91 Å². The molecule has 1 aliphatic heterocycles. The number of aromatic nitrogens is 1. The van der Waals surface area contributed by atoms with Crippen molar-refractivity contribution < 1.29 is 4.79 Å². The molecule has 0 saturated heterocycles. The molecule has 0 bridgehead atoms. The minimum absolute atomic E-state index is 0.0164. The number of rotatable bonds is 4. The molecular weight excluding hydrogens is 362 g/mol. The fraction of sp³-hybridized carbons (Fsp3) is 0.300. The molecule has 1 atom stereocenters. The molecule has 2 heterocycles. The van der Waals surface area contributed by atoms with Crippen LogP contribution < -0.4 is 10.2 Å². The summed E-state index contributed by atoms with van der Waals surface area (Å²) in [5, 5.41) is 4.17. The highest BCUT2D eigenvalue weighted by Crippen LogP contribution is 2.39. The number of fused-ring (bicyclic) bond motifs is 2. The average molecular weight is 384 g/mol. The molecule has 0 radical (unpaired) electrons. The van der Waals surface area contributed by atoms with Gasteiger partial charge in [-0.25, -0.2) is 4.98 Å². The van der Waals surface area contributed by atoms with E-state index in [0.29, 0.717) is 16.9 Å². The number of hydrogen-bond acceptors (Lipinski definition) is 5. The molecule has 4 nitrogen and oxygen atoms in total. The van der Waals surface area contributed by atoms with E-state index < -0.39 is 0 Å². The lowest BCUT2D eigenvalue weighted by Gasteiger charge is -2.34. The van der Waals surface area contributed by atoms with Gasteiger partial charge >= 0.3 is 0 Å². The van der Waals surface area contributed by atoms with Gasteiger partial charge < -0.3 is 10.2 Å². The molecule has 6 heteroatoms. The highest BCUT2D eigenvalue weighted by atomic mass is 32.2. The molecule has 4 rings (SSSR count). The van der Waals surface area contributed by atoms with Crippen LogP contribution in [-0.4, -0.2) is 29.2 Å². The van der Waals surface area contributed by atoms with Crippen molar-refractivity contribution in [3.8, 4) is 0 Å². The van der Waals surface area contributed by atoms with Gasteiger partial charge in [-0.1, -0.05) is 36.5 Å². The molecule has 1 aromatic heterocycles. The predicted octanol–water partition coefficient (Wildman–Crippen LogP) is 4.93. The summed E-state index contributed by atoms with van der Waals surface area (Å²) in [7, 11) is 0. The molecule has 0 saturated carbocycles. The second kappa shape index (κ2) is 7.29. The molecular formula is C20H21N3OS2. The number of nitrogens with one attached hydrogen (secondary N) is 1. The van der Waals surface area contributed by atoms with Gasteiger partial charge in [-0.3, -0.25) is 4.79 Å². The Morgan fingerprint density at radius 2 is 2.15 bits per heavy atom. The van der Waals surface area contributed by atoms with Crippen LogP contribution in [0.2, 0.25) is 0 Å². The van der Waals surface area contributed by atoms with Crippen LogP contribution in [0, 0.1) is 6.92 Å². The molecule has 134 valence electrons.